The van der Waals surface area contributed by atoms with Gasteiger partial charge in [0, 0.05) is 11.1 Å². The highest BCUT2D eigenvalue weighted by atomic mass is 16.7. The maximum Gasteiger partial charge on any atom is 0.335 e. The number of aliphatic hydroxyl groups is 2. The molecule has 0 saturated carbocycles. The van der Waals surface area contributed by atoms with E-state index in [4.69, 9.17) is 10.2 Å². The molecule has 0 heterocycles. The van der Waals surface area contributed by atoms with Gasteiger partial charge in [-0.25, -0.2) is 9.59 Å². The number of esters is 2. The highest BCUT2D eigenvalue weighted by Crippen LogP contribution is 2.07. The van der Waals surface area contributed by atoms with Crippen LogP contribution in [0.3, 0.4) is 0 Å². The van der Waals surface area contributed by atoms with Crippen molar-refractivity contribution in [2.75, 3.05) is 20.0 Å². The fourth-order valence-electron chi connectivity index (χ4n) is 1.59. The lowest BCUT2D eigenvalue weighted by atomic mass is 10.1. The van der Waals surface area contributed by atoms with Crippen LogP contribution in [0.25, 0.3) is 0 Å². The molecule has 0 amide bonds. The molecule has 6 nitrogen and oxygen atoms in total. The lowest BCUT2D eigenvalue weighted by Crippen LogP contribution is -2.13. The van der Waals surface area contributed by atoms with Crippen molar-refractivity contribution in [2.24, 2.45) is 0 Å². The second-order valence-electron chi connectivity index (χ2n) is 6.11. The van der Waals surface area contributed by atoms with E-state index in [1.807, 2.05) is 0 Å². The van der Waals surface area contributed by atoms with Crippen molar-refractivity contribution >= 4 is 11.9 Å². The van der Waals surface area contributed by atoms with Crippen LogP contribution in [0.15, 0.2) is 24.3 Å². The van der Waals surface area contributed by atoms with Gasteiger partial charge in [-0.05, 0) is 13.8 Å². The quantitative estimate of drug-likeness (QED) is 0.224. The van der Waals surface area contributed by atoms with E-state index >= 15 is 0 Å². The number of hydrogen-bond acceptors (Lipinski definition) is 6. The van der Waals surface area contributed by atoms with Gasteiger partial charge in [-0.1, -0.05) is 78.4 Å². The summed E-state index contributed by atoms with van der Waals surface area (Å²) in [5, 5.41) is 15.2. The minimum Gasteiger partial charge on any atom is -0.425 e. The van der Waals surface area contributed by atoms with Gasteiger partial charge in [-0.15, -0.1) is 0 Å². The van der Waals surface area contributed by atoms with Gasteiger partial charge in [0.25, 0.3) is 0 Å². The molecule has 160 valence electrons. The van der Waals surface area contributed by atoms with Gasteiger partial charge >= 0.3 is 11.9 Å². The first-order chi connectivity index (χ1) is 12.8. The summed E-state index contributed by atoms with van der Waals surface area (Å²) >= 11 is 0. The molecule has 27 heavy (non-hydrogen) atoms. The zero-order valence-electron chi connectivity index (χ0n) is 17.7. The highest BCUT2D eigenvalue weighted by molar-refractivity contribution is 5.88. The first-order valence-corrected chi connectivity index (χ1v) is 9.65. The van der Waals surface area contributed by atoms with Gasteiger partial charge in [0.15, 0.2) is 0 Å². The third kappa shape index (κ3) is 29.4. The molecule has 0 bridgehead atoms. The van der Waals surface area contributed by atoms with Crippen LogP contribution < -0.4 is 0 Å². The van der Waals surface area contributed by atoms with Gasteiger partial charge in [0.2, 0.25) is 6.79 Å². The Morgan fingerprint density at radius 2 is 1.00 bits per heavy atom. The normalized spacial score (nSPS) is 9.11. The minimum atomic E-state index is -0.588. The molecule has 0 rings (SSSR count). The number of aliphatic hydroxyl groups excluding tert-OH is 2. The predicted molar refractivity (Wildman–Crippen MR) is 109 cm³/mol. The van der Waals surface area contributed by atoms with Crippen LogP contribution in [-0.2, 0) is 19.1 Å². The molecule has 0 aliphatic rings. The van der Waals surface area contributed by atoms with E-state index in [0.29, 0.717) is 0 Å². The molecule has 0 radical (unpaired) electrons. The summed E-state index contributed by atoms with van der Waals surface area (Å²) in [6.45, 7) is 13.6. The summed E-state index contributed by atoms with van der Waals surface area (Å²) in [4.78, 5) is 21.5. The van der Waals surface area contributed by atoms with Crippen LogP contribution in [0, 0.1) is 0 Å². The number of carbonyl (C=O) groups excluding carboxylic acids is 2. The molecule has 0 aliphatic heterocycles. The predicted octanol–water partition coefficient (Wildman–Crippen LogP) is 4.30. The Balaban J connectivity index is -0.000000364. The molecule has 0 unspecified atom stereocenters. The van der Waals surface area contributed by atoms with E-state index in [1.165, 1.54) is 65.2 Å². The van der Waals surface area contributed by atoms with Crippen LogP contribution >= 0.6 is 0 Å². The van der Waals surface area contributed by atoms with E-state index in [2.05, 4.69) is 36.5 Å². The lowest BCUT2D eigenvalue weighted by Gasteiger charge is -2.04. The van der Waals surface area contributed by atoms with E-state index < -0.39 is 18.7 Å². The van der Waals surface area contributed by atoms with Crippen LogP contribution in [0.5, 0.6) is 0 Å². The number of rotatable bonds is 12. The van der Waals surface area contributed by atoms with Crippen LogP contribution in [0.4, 0.5) is 0 Å². The monoisotopic (exact) mass is 388 g/mol. The Morgan fingerprint density at radius 1 is 0.704 bits per heavy atom. The Labute approximate surface area is 165 Å². The fraction of sp³-hybridized carbons (Fsp3) is 0.714. The zero-order chi connectivity index (χ0) is 21.5. The van der Waals surface area contributed by atoms with Gasteiger partial charge in [0.05, 0.1) is 13.2 Å². The third-order valence-corrected chi connectivity index (χ3v) is 3.13. The van der Waals surface area contributed by atoms with Gasteiger partial charge in [-0.3, -0.25) is 0 Å². The molecule has 0 atom stereocenters. The molecule has 0 aromatic carbocycles. The van der Waals surface area contributed by atoms with Crippen LogP contribution in [0.1, 0.15) is 79.1 Å². The van der Waals surface area contributed by atoms with Gasteiger partial charge in [0.1, 0.15) is 0 Å². The molecule has 0 aromatic rings. The second kappa shape index (κ2) is 24.3. The number of carbonyl (C=O) groups is 2. The molecule has 2 N–H and O–H groups in total. The average molecular weight is 389 g/mol. The minimum absolute atomic E-state index is 0.125. The summed E-state index contributed by atoms with van der Waals surface area (Å²) in [5.41, 5.74) is 0.512. The number of hydrogen-bond donors (Lipinski definition) is 2. The summed E-state index contributed by atoms with van der Waals surface area (Å²) in [6, 6.07) is 0. The molecule has 0 fully saturated rings. The molecule has 6 heteroatoms. The number of ether oxygens (including phenoxy) is 2. The molecule has 0 aromatic heterocycles. The van der Waals surface area contributed by atoms with E-state index in [9.17, 15) is 9.59 Å². The summed E-state index contributed by atoms with van der Waals surface area (Å²) < 4.78 is 9.00. The SMILES string of the molecule is C=C(C)C(=O)OCOC(=O)C(=C)C.CCCCCCCCCC.OCCO. The summed E-state index contributed by atoms with van der Waals surface area (Å²) in [7, 11) is 0. The van der Waals surface area contributed by atoms with E-state index in [1.54, 1.807) is 0 Å². The number of unbranched alkanes of at least 4 members (excludes halogenated alkanes) is 7. The molecular weight excluding hydrogens is 348 g/mol. The Bertz CT molecular complexity index is 354. The Hall–Kier alpha value is -1.66. The smallest absolute Gasteiger partial charge is 0.335 e. The van der Waals surface area contributed by atoms with Crippen molar-refractivity contribution < 1.29 is 29.3 Å². The van der Waals surface area contributed by atoms with Crippen molar-refractivity contribution in [1.29, 1.82) is 0 Å². The average Bonchev–Trinajstić information content (AvgIpc) is 2.65. The van der Waals surface area contributed by atoms with Gasteiger partial charge < -0.3 is 19.7 Å². The molecule has 0 spiro atoms. The van der Waals surface area contributed by atoms with Crippen molar-refractivity contribution in [2.45, 2.75) is 79.1 Å². The molecular formula is C21H40O6. The third-order valence-electron chi connectivity index (χ3n) is 3.13. The second-order valence-corrected chi connectivity index (χ2v) is 6.11. The maximum absolute atomic E-state index is 10.8. The Kier molecular flexibility index (Phi) is 27.1. The van der Waals surface area contributed by atoms with Crippen LogP contribution in [-0.4, -0.2) is 42.2 Å². The van der Waals surface area contributed by atoms with Crippen molar-refractivity contribution in [3.63, 3.8) is 0 Å². The first-order valence-electron chi connectivity index (χ1n) is 9.65. The summed E-state index contributed by atoms with van der Waals surface area (Å²) in [6.07, 6.45) is 11.5. The van der Waals surface area contributed by atoms with E-state index in [0.717, 1.165) is 0 Å². The lowest BCUT2D eigenvalue weighted by molar-refractivity contribution is -0.161. The van der Waals surface area contributed by atoms with Crippen molar-refractivity contribution in [1.82, 2.24) is 0 Å². The standard InChI is InChI=1S/C10H22.C9H12O4.C2H6O2/c1-3-5-7-9-10-8-6-4-2;1-6(2)8(10)12-5-13-9(11)7(3)4;3-1-2-4/h3-10H2,1-2H3;1,3,5H2,2,4H3;3-4H,1-2H2. The van der Waals surface area contributed by atoms with Crippen molar-refractivity contribution in [3.8, 4) is 0 Å². The zero-order valence-corrected chi connectivity index (χ0v) is 17.7. The molecule has 0 aliphatic carbocycles. The maximum atomic E-state index is 10.8. The fourth-order valence-corrected chi connectivity index (χ4v) is 1.59. The first kappa shape index (κ1) is 30.1. The van der Waals surface area contributed by atoms with Crippen LogP contribution in [0.2, 0.25) is 0 Å². The molecule has 0 saturated heterocycles. The largest absolute Gasteiger partial charge is 0.425 e. The Morgan fingerprint density at radius 3 is 1.22 bits per heavy atom. The van der Waals surface area contributed by atoms with Gasteiger partial charge in [-0.2, -0.15) is 0 Å². The highest BCUT2D eigenvalue weighted by Gasteiger charge is 2.06. The topological polar surface area (TPSA) is 93.1 Å². The van der Waals surface area contributed by atoms with E-state index in [-0.39, 0.29) is 24.4 Å². The summed E-state index contributed by atoms with van der Waals surface area (Å²) in [5.74, 6) is -1.18. The van der Waals surface area contributed by atoms with Crippen molar-refractivity contribution in [3.05, 3.63) is 24.3 Å².